The van der Waals surface area contributed by atoms with Gasteiger partial charge in [-0.2, -0.15) is 10.4 Å². The molecule has 2 aromatic heterocycles. The van der Waals surface area contributed by atoms with Gasteiger partial charge >= 0.3 is 0 Å². The predicted molar refractivity (Wildman–Crippen MR) is 144 cm³/mol. The molecule has 8 nitrogen and oxygen atoms in total. The Labute approximate surface area is 226 Å². The topological polar surface area (TPSA) is 99.7 Å². The van der Waals surface area contributed by atoms with E-state index in [2.05, 4.69) is 39.4 Å². The summed E-state index contributed by atoms with van der Waals surface area (Å²) in [5.41, 5.74) is 3.97. The Balaban J connectivity index is 1.47. The van der Waals surface area contributed by atoms with E-state index in [0.29, 0.717) is 33.2 Å². The maximum absolute atomic E-state index is 12.4. The van der Waals surface area contributed by atoms with Crippen molar-refractivity contribution in [1.82, 2.24) is 30.0 Å². The number of amides is 1. The van der Waals surface area contributed by atoms with Gasteiger partial charge in [0.25, 0.3) is 0 Å². The molecule has 1 fully saturated rings. The largest absolute Gasteiger partial charge is 0.358 e. The van der Waals surface area contributed by atoms with Crippen LogP contribution >= 0.6 is 23.2 Å². The normalized spacial score (nSPS) is 23.0. The van der Waals surface area contributed by atoms with Crippen LogP contribution in [-0.2, 0) is 4.79 Å². The first-order chi connectivity index (χ1) is 17.8. The zero-order valence-electron chi connectivity index (χ0n) is 21.1. The molecule has 1 saturated heterocycles. The maximum Gasteiger partial charge on any atom is 0.237 e. The molecule has 1 amide bonds. The van der Waals surface area contributed by atoms with Crippen molar-refractivity contribution in [2.75, 3.05) is 13.6 Å². The Bertz CT molecular complexity index is 1430. The smallest absolute Gasteiger partial charge is 0.237 e. The Morgan fingerprint density at radius 2 is 2.14 bits per heavy atom. The van der Waals surface area contributed by atoms with Crippen LogP contribution in [0.15, 0.2) is 30.5 Å². The minimum atomic E-state index is -0.278. The first kappa shape index (κ1) is 25.7. The quantitative estimate of drug-likeness (QED) is 0.491. The van der Waals surface area contributed by atoms with Crippen LogP contribution in [-0.4, -0.2) is 56.2 Å². The van der Waals surface area contributed by atoms with Crippen molar-refractivity contribution in [2.24, 2.45) is 5.92 Å². The third-order valence-electron chi connectivity index (χ3n) is 7.69. The summed E-state index contributed by atoms with van der Waals surface area (Å²) in [5, 5.41) is 18.1. The minimum Gasteiger partial charge on any atom is -0.358 e. The van der Waals surface area contributed by atoms with Gasteiger partial charge in [-0.05, 0) is 68.3 Å². The van der Waals surface area contributed by atoms with Crippen LogP contribution in [0.5, 0.6) is 0 Å². The van der Waals surface area contributed by atoms with Gasteiger partial charge in [-0.25, -0.2) is 14.6 Å². The lowest BCUT2D eigenvalue weighted by atomic mass is 9.83. The van der Waals surface area contributed by atoms with Crippen molar-refractivity contribution >= 4 is 45.8 Å². The van der Waals surface area contributed by atoms with Crippen molar-refractivity contribution in [3.63, 3.8) is 0 Å². The van der Waals surface area contributed by atoms with E-state index in [0.717, 1.165) is 49.1 Å². The van der Waals surface area contributed by atoms with Crippen molar-refractivity contribution in [3.05, 3.63) is 57.5 Å². The zero-order chi connectivity index (χ0) is 26.3. The van der Waals surface area contributed by atoms with Gasteiger partial charge in [-0.15, -0.1) is 0 Å². The van der Waals surface area contributed by atoms with Gasteiger partial charge in [-0.3, -0.25) is 9.69 Å². The number of fused-ring (bicyclic) bond motifs is 1. The highest BCUT2D eigenvalue weighted by atomic mass is 35.5. The van der Waals surface area contributed by atoms with Gasteiger partial charge < -0.3 is 5.32 Å². The summed E-state index contributed by atoms with van der Waals surface area (Å²) >= 11 is 12.6. The number of nitriles is 1. The molecule has 1 aliphatic carbocycles. The summed E-state index contributed by atoms with van der Waals surface area (Å²) in [7, 11) is 1.71. The van der Waals surface area contributed by atoms with E-state index in [-0.39, 0.29) is 23.7 Å². The molecule has 10 heteroatoms. The molecule has 3 heterocycles. The number of carbonyl (C=O) groups is 1. The number of allylic oxidation sites excluding steroid dienone is 1. The second kappa shape index (κ2) is 10.4. The molecule has 192 valence electrons. The van der Waals surface area contributed by atoms with Gasteiger partial charge in [0, 0.05) is 23.1 Å². The fourth-order valence-electron chi connectivity index (χ4n) is 5.75. The number of carbonyl (C=O) groups excluding carboxylic acids is 1. The van der Waals surface area contributed by atoms with E-state index < -0.39 is 0 Å². The molecular weight excluding hydrogens is 509 g/mol. The number of likely N-dealkylation sites (tertiary alicyclic amines) is 1. The van der Waals surface area contributed by atoms with E-state index >= 15 is 0 Å². The lowest BCUT2D eigenvalue weighted by Gasteiger charge is -2.38. The molecule has 37 heavy (non-hydrogen) atoms. The number of hydrogen-bond donors (Lipinski definition) is 1. The van der Waals surface area contributed by atoms with Crippen LogP contribution in [0.2, 0.25) is 10.0 Å². The molecule has 1 N–H and O–H groups in total. The average Bonchev–Trinajstić information content (AvgIpc) is 3.52. The molecule has 3 aromatic rings. The fourth-order valence-corrected chi connectivity index (χ4v) is 6.31. The van der Waals surface area contributed by atoms with Gasteiger partial charge in [0.05, 0.1) is 24.0 Å². The number of likely N-dealkylation sites (N-methyl/N-ethyl adjacent to an activating group) is 1. The Kier molecular flexibility index (Phi) is 7.21. The second-order valence-electron chi connectivity index (χ2n) is 9.90. The molecule has 1 aromatic carbocycles. The SMILES string of the molecule is CNC(=O)[C@@H]1CCCN1C1CC=C(c2cnc3c(C#N)nn(C(C)c4ccc(Cl)cc4Cl)c3n2)CC1C. The Morgan fingerprint density at radius 3 is 2.84 bits per heavy atom. The van der Waals surface area contributed by atoms with E-state index in [9.17, 15) is 10.1 Å². The van der Waals surface area contributed by atoms with E-state index in [1.807, 2.05) is 13.0 Å². The van der Waals surface area contributed by atoms with E-state index in [4.69, 9.17) is 28.2 Å². The van der Waals surface area contributed by atoms with E-state index in [1.54, 1.807) is 30.1 Å². The number of halogens is 2. The third-order valence-corrected chi connectivity index (χ3v) is 8.25. The Hall–Kier alpha value is -2.99. The number of rotatable bonds is 5. The number of benzene rings is 1. The van der Waals surface area contributed by atoms with Crippen LogP contribution < -0.4 is 5.32 Å². The van der Waals surface area contributed by atoms with Crippen molar-refractivity contribution in [1.29, 1.82) is 5.26 Å². The highest BCUT2D eigenvalue weighted by Crippen LogP contribution is 2.37. The first-order valence-corrected chi connectivity index (χ1v) is 13.3. The summed E-state index contributed by atoms with van der Waals surface area (Å²) in [5.74, 6) is 0.460. The predicted octanol–water partition coefficient (Wildman–Crippen LogP) is 5.01. The molecule has 0 radical (unpaired) electrons. The van der Waals surface area contributed by atoms with Gasteiger partial charge in [0.2, 0.25) is 5.91 Å². The van der Waals surface area contributed by atoms with Crippen LogP contribution in [0.1, 0.15) is 62.5 Å². The van der Waals surface area contributed by atoms with Gasteiger partial charge in [-0.1, -0.05) is 42.3 Å². The summed E-state index contributed by atoms with van der Waals surface area (Å²) in [6.45, 7) is 5.15. The highest BCUT2D eigenvalue weighted by molar-refractivity contribution is 6.35. The number of aromatic nitrogens is 4. The molecule has 2 aliphatic rings. The molecule has 4 atom stereocenters. The second-order valence-corrected chi connectivity index (χ2v) is 10.7. The monoisotopic (exact) mass is 537 g/mol. The minimum absolute atomic E-state index is 0.0523. The molecule has 3 unspecified atom stereocenters. The van der Waals surface area contributed by atoms with Crippen molar-refractivity contribution in [3.8, 4) is 6.07 Å². The molecule has 0 bridgehead atoms. The summed E-state index contributed by atoms with van der Waals surface area (Å²) < 4.78 is 1.72. The van der Waals surface area contributed by atoms with Crippen molar-refractivity contribution < 1.29 is 4.79 Å². The van der Waals surface area contributed by atoms with Crippen LogP contribution in [0.25, 0.3) is 16.7 Å². The fraction of sp³-hybridized carbons (Fsp3) is 0.444. The number of hydrogen-bond acceptors (Lipinski definition) is 6. The van der Waals surface area contributed by atoms with Gasteiger partial charge in [0.15, 0.2) is 11.3 Å². The summed E-state index contributed by atoms with van der Waals surface area (Å²) in [4.78, 5) is 24.3. The van der Waals surface area contributed by atoms with Gasteiger partial charge in [0.1, 0.15) is 11.6 Å². The van der Waals surface area contributed by atoms with E-state index in [1.165, 1.54) is 0 Å². The number of nitrogens with zero attached hydrogens (tertiary/aromatic N) is 6. The van der Waals surface area contributed by atoms with Crippen LogP contribution in [0.4, 0.5) is 0 Å². The summed E-state index contributed by atoms with van der Waals surface area (Å²) in [6.07, 6.45) is 7.59. The molecule has 1 aliphatic heterocycles. The first-order valence-electron chi connectivity index (χ1n) is 12.6. The number of nitrogens with one attached hydrogen (secondary N) is 1. The lowest BCUT2D eigenvalue weighted by Crippen LogP contribution is -2.49. The molecule has 5 rings (SSSR count). The molecular formula is C27H29Cl2N7O. The Morgan fingerprint density at radius 1 is 1.32 bits per heavy atom. The summed E-state index contributed by atoms with van der Waals surface area (Å²) in [6, 6.07) is 7.47. The lowest BCUT2D eigenvalue weighted by molar-refractivity contribution is -0.126. The van der Waals surface area contributed by atoms with Crippen LogP contribution in [0.3, 0.4) is 0 Å². The standard InChI is InChI=1S/C27H29Cl2N7O/c1-15-11-17(6-9-23(15)35-10-4-5-24(35)27(37)31-3)22-14-32-25-21(13-30)34-36(26(25)33-22)16(2)19-8-7-18(28)12-20(19)29/h6-8,12,14-16,23-24H,4-5,9-11H2,1-3H3,(H,31,37)/t15?,16?,23?,24-/m0/s1. The van der Waals surface area contributed by atoms with Crippen LogP contribution in [0, 0.1) is 17.2 Å². The third kappa shape index (κ3) is 4.72. The molecule has 0 spiro atoms. The van der Waals surface area contributed by atoms with Crippen molar-refractivity contribution in [2.45, 2.75) is 57.7 Å². The average molecular weight is 538 g/mol. The molecule has 0 saturated carbocycles. The maximum atomic E-state index is 12.4. The zero-order valence-corrected chi connectivity index (χ0v) is 22.6. The highest BCUT2D eigenvalue weighted by Gasteiger charge is 2.38.